The van der Waals surface area contributed by atoms with E-state index in [0.717, 1.165) is 0 Å². The van der Waals surface area contributed by atoms with Crippen molar-refractivity contribution in [3.05, 3.63) is 54.1 Å². The maximum absolute atomic E-state index is 13.0. The first-order valence-electron chi connectivity index (χ1n) is 7.35. The largest absolute Gasteiger partial charge is 0.492 e. The third-order valence-corrected chi connectivity index (χ3v) is 7.97. The van der Waals surface area contributed by atoms with E-state index in [1.54, 1.807) is 30.3 Å². The fourth-order valence-electron chi connectivity index (χ4n) is 2.75. The maximum Gasteiger partial charge on any atom is 0.186 e. The number of fused-ring (bicyclic) bond motifs is 1. The van der Waals surface area contributed by atoms with Crippen molar-refractivity contribution in [2.24, 2.45) is 5.73 Å². The van der Waals surface area contributed by atoms with Gasteiger partial charge in [-0.2, -0.15) is 0 Å². The lowest BCUT2D eigenvalue weighted by molar-refractivity contribution is 0.327. The molecule has 2 aromatic rings. The highest BCUT2D eigenvalue weighted by Crippen LogP contribution is 2.41. The SMILES string of the molecule is NCCOc1cccc(S(=O)(=O)C2CS(=O)(=O)c3ccccc32)c1. The number of nitrogens with two attached hydrogens (primary N) is 1. The summed E-state index contributed by atoms with van der Waals surface area (Å²) in [5, 5.41) is -1.11. The number of sulfone groups is 2. The monoisotopic (exact) mass is 367 g/mol. The first-order chi connectivity index (χ1) is 11.4. The minimum absolute atomic E-state index is 0.0360. The lowest BCUT2D eigenvalue weighted by atomic mass is 10.2. The second-order valence-corrected chi connectivity index (χ2v) is 9.60. The molecule has 0 aromatic heterocycles. The molecule has 1 heterocycles. The number of hydrogen-bond donors (Lipinski definition) is 1. The van der Waals surface area contributed by atoms with Crippen molar-refractivity contribution in [2.75, 3.05) is 18.9 Å². The van der Waals surface area contributed by atoms with Crippen molar-refractivity contribution in [3.8, 4) is 5.75 Å². The van der Waals surface area contributed by atoms with E-state index in [-0.39, 0.29) is 16.4 Å². The van der Waals surface area contributed by atoms with Gasteiger partial charge in [0.2, 0.25) is 0 Å². The van der Waals surface area contributed by atoms with Gasteiger partial charge in [-0.1, -0.05) is 24.3 Å². The smallest absolute Gasteiger partial charge is 0.186 e. The Balaban J connectivity index is 2.04. The second-order valence-electron chi connectivity index (χ2n) is 5.46. The zero-order valence-electron chi connectivity index (χ0n) is 12.8. The third-order valence-electron chi connectivity index (χ3n) is 3.87. The Morgan fingerprint density at radius 3 is 2.62 bits per heavy atom. The molecule has 1 aliphatic heterocycles. The highest BCUT2D eigenvalue weighted by atomic mass is 32.2. The summed E-state index contributed by atoms with van der Waals surface area (Å²) in [5.74, 6) is -0.0570. The van der Waals surface area contributed by atoms with E-state index in [9.17, 15) is 16.8 Å². The summed E-state index contributed by atoms with van der Waals surface area (Å²) >= 11 is 0. The fourth-order valence-corrected chi connectivity index (χ4v) is 7.11. The Morgan fingerprint density at radius 1 is 1.12 bits per heavy atom. The van der Waals surface area contributed by atoms with Crippen molar-refractivity contribution < 1.29 is 21.6 Å². The Labute approximate surface area is 141 Å². The molecule has 0 bridgehead atoms. The van der Waals surface area contributed by atoms with E-state index in [1.165, 1.54) is 18.2 Å². The molecule has 0 radical (unpaired) electrons. The van der Waals surface area contributed by atoms with Crippen molar-refractivity contribution in [1.82, 2.24) is 0 Å². The van der Waals surface area contributed by atoms with Crippen molar-refractivity contribution >= 4 is 19.7 Å². The van der Waals surface area contributed by atoms with Gasteiger partial charge in [0.05, 0.1) is 15.5 Å². The highest BCUT2D eigenvalue weighted by molar-refractivity contribution is 7.96. The van der Waals surface area contributed by atoms with Gasteiger partial charge in [-0.25, -0.2) is 16.8 Å². The summed E-state index contributed by atoms with van der Waals surface area (Å²) in [6.07, 6.45) is 0. The quantitative estimate of drug-likeness (QED) is 0.855. The van der Waals surface area contributed by atoms with Gasteiger partial charge in [-0.15, -0.1) is 0 Å². The molecular weight excluding hydrogens is 350 g/mol. The normalized spacial score (nSPS) is 19.0. The predicted molar refractivity (Wildman–Crippen MR) is 89.4 cm³/mol. The molecule has 1 atom stereocenters. The molecule has 128 valence electrons. The van der Waals surface area contributed by atoms with Crippen LogP contribution in [0, 0.1) is 0 Å². The summed E-state index contributed by atoms with van der Waals surface area (Å²) in [6, 6.07) is 12.3. The minimum Gasteiger partial charge on any atom is -0.492 e. The number of benzene rings is 2. The first-order valence-corrected chi connectivity index (χ1v) is 10.5. The van der Waals surface area contributed by atoms with Gasteiger partial charge in [0, 0.05) is 6.54 Å². The zero-order chi connectivity index (χ0) is 17.4. The Bertz CT molecular complexity index is 967. The Hall–Kier alpha value is -1.90. The van der Waals surface area contributed by atoms with Crippen LogP contribution < -0.4 is 10.5 Å². The summed E-state index contributed by atoms with van der Waals surface area (Å²) in [7, 11) is -7.46. The summed E-state index contributed by atoms with van der Waals surface area (Å²) in [4.78, 5) is 0.128. The molecule has 0 fully saturated rings. The van der Waals surface area contributed by atoms with Gasteiger partial charge in [0.25, 0.3) is 0 Å². The molecule has 1 unspecified atom stereocenters. The van der Waals surface area contributed by atoms with Crippen molar-refractivity contribution in [3.63, 3.8) is 0 Å². The minimum atomic E-state index is -3.86. The number of hydrogen-bond acceptors (Lipinski definition) is 6. The summed E-state index contributed by atoms with van der Waals surface area (Å²) in [6.45, 7) is 0.579. The lowest BCUT2D eigenvalue weighted by Gasteiger charge is -2.13. The molecule has 0 amide bonds. The number of rotatable bonds is 5. The van der Waals surface area contributed by atoms with Crippen LogP contribution in [0.2, 0.25) is 0 Å². The van der Waals surface area contributed by atoms with Gasteiger partial charge in [-0.05, 0) is 29.8 Å². The van der Waals surface area contributed by atoms with Gasteiger partial charge >= 0.3 is 0 Å². The molecule has 0 spiro atoms. The van der Waals surface area contributed by atoms with Crippen LogP contribution in [0.25, 0.3) is 0 Å². The molecular formula is C16H17NO5S2. The highest BCUT2D eigenvalue weighted by Gasteiger charge is 2.42. The van der Waals surface area contributed by atoms with Gasteiger partial charge in [0.15, 0.2) is 19.7 Å². The molecule has 8 heteroatoms. The van der Waals surface area contributed by atoms with Crippen molar-refractivity contribution in [1.29, 1.82) is 0 Å². The Morgan fingerprint density at radius 2 is 1.88 bits per heavy atom. The van der Waals surface area contributed by atoms with Crippen LogP contribution in [0.5, 0.6) is 5.75 Å². The van der Waals surface area contributed by atoms with E-state index in [0.29, 0.717) is 17.9 Å². The predicted octanol–water partition coefficient (Wildman–Crippen LogP) is 1.33. The number of ether oxygens (including phenoxy) is 1. The average Bonchev–Trinajstić information content (AvgIpc) is 2.86. The molecule has 0 aliphatic carbocycles. The van der Waals surface area contributed by atoms with E-state index >= 15 is 0 Å². The molecule has 1 aliphatic rings. The molecule has 3 rings (SSSR count). The maximum atomic E-state index is 13.0. The van der Waals surface area contributed by atoms with Crippen LogP contribution in [0.1, 0.15) is 10.8 Å². The zero-order valence-corrected chi connectivity index (χ0v) is 14.4. The third kappa shape index (κ3) is 2.92. The first kappa shape index (κ1) is 16.9. The summed E-state index contributed by atoms with van der Waals surface area (Å²) < 4.78 is 55.8. The standard InChI is InChI=1S/C16H17NO5S2/c17-8-9-22-12-4-3-5-13(10-12)24(20,21)16-11-23(18,19)15-7-2-1-6-14(15)16/h1-7,10,16H,8-9,11,17H2. The van der Waals surface area contributed by atoms with Gasteiger partial charge in [-0.3, -0.25) is 0 Å². The Kier molecular flexibility index (Phi) is 4.37. The molecule has 0 saturated carbocycles. The van der Waals surface area contributed by atoms with Crippen LogP contribution in [0.3, 0.4) is 0 Å². The molecule has 24 heavy (non-hydrogen) atoms. The molecule has 0 saturated heterocycles. The lowest BCUT2D eigenvalue weighted by Crippen LogP contribution is -2.16. The van der Waals surface area contributed by atoms with Crippen LogP contribution in [0.15, 0.2) is 58.3 Å². The molecule has 2 N–H and O–H groups in total. The van der Waals surface area contributed by atoms with E-state index < -0.39 is 30.7 Å². The van der Waals surface area contributed by atoms with Gasteiger partial charge < -0.3 is 10.5 Å². The van der Waals surface area contributed by atoms with Crippen LogP contribution >= 0.6 is 0 Å². The fraction of sp³-hybridized carbons (Fsp3) is 0.250. The van der Waals surface area contributed by atoms with Crippen LogP contribution in [-0.2, 0) is 19.7 Å². The summed E-state index contributed by atoms with van der Waals surface area (Å²) in [5.41, 5.74) is 5.70. The molecule has 2 aromatic carbocycles. The van der Waals surface area contributed by atoms with Crippen LogP contribution in [-0.4, -0.2) is 35.7 Å². The van der Waals surface area contributed by atoms with E-state index in [2.05, 4.69) is 0 Å². The average molecular weight is 367 g/mol. The van der Waals surface area contributed by atoms with Crippen LogP contribution in [0.4, 0.5) is 0 Å². The molecule has 6 nitrogen and oxygen atoms in total. The topological polar surface area (TPSA) is 104 Å². The van der Waals surface area contributed by atoms with Gasteiger partial charge in [0.1, 0.15) is 17.6 Å². The second kappa shape index (κ2) is 6.19. The van der Waals surface area contributed by atoms with Crippen molar-refractivity contribution in [2.45, 2.75) is 15.0 Å². The van der Waals surface area contributed by atoms with E-state index in [4.69, 9.17) is 10.5 Å². The van der Waals surface area contributed by atoms with E-state index in [1.807, 2.05) is 0 Å².